The van der Waals surface area contributed by atoms with Crippen LogP contribution in [0.3, 0.4) is 0 Å². The highest BCUT2D eigenvalue weighted by Crippen LogP contribution is 2.22. The second kappa shape index (κ2) is 4.96. The fourth-order valence-electron chi connectivity index (χ4n) is 1.41. The van der Waals surface area contributed by atoms with Crippen molar-refractivity contribution in [1.82, 2.24) is 9.55 Å². The van der Waals surface area contributed by atoms with Crippen molar-refractivity contribution in [3.05, 3.63) is 18.7 Å². The number of unbranched alkanes of at least 4 members (excludes halogenated alkanes) is 1. The summed E-state index contributed by atoms with van der Waals surface area (Å²) in [4.78, 5) is 3.99. The zero-order chi connectivity index (χ0) is 11.3. The molecule has 0 fully saturated rings. The molecule has 3 N–H and O–H groups in total. The SMILES string of the molecule is CC(C)(CCCCn1ccnc1)C(=N)N. The van der Waals surface area contributed by atoms with Gasteiger partial charge in [0.25, 0.3) is 0 Å². The van der Waals surface area contributed by atoms with Crippen LogP contribution in [-0.2, 0) is 6.54 Å². The minimum Gasteiger partial charge on any atom is -0.387 e. The standard InChI is InChI=1S/C11H20N4/c1-11(2,10(12)13)5-3-4-7-15-8-6-14-9-15/h6,8-9H,3-5,7H2,1-2H3,(H3,12,13). The van der Waals surface area contributed by atoms with E-state index in [1.165, 1.54) is 0 Å². The Morgan fingerprint density at radius 2 is 2.20 bits per heavy atom. The van der Waals surface area contributed by atoms with Gasteiger partial charge in [0.05, 0.1) is 12.2 Å². The lowest BCUT2D eigenvalue weighted by Gasteiger charge is -2.22. The molecule has 1 aromatic rings. The van der Waals surface area contributed by atoms with Crippen molar-refractivity contribution in [3.8, 4) is 0 Å². The maximum absolute atomic E-state index is 7.43. The van der Waals surface area contributed by atoms with E-state index in [1.807, 2.05) is 26.4 Å². The van der Waals surface area contributed by atoms with Crippen molar-refractivity contribution in [2.45, 2.75) is 39.7 Å². The number of nitrogens with two attached hydrogens (primary N) is 1. The van der Waals surface area contributed by atoms with Gasteiger partial charge in [-0.15, -0.1) is 0 Å². The third-order valence-corrected chi connectivity index (χ3v) is 2.76. The van der Waals surface area contributed by atoms with E-state index in [-0.39, 0.29) is 11.3 Å². The first kappa shape index (κ1) is 11.8. The quantitative estimate of drug-likeness (QED) is 0.426. The van der Waals surface area contributed by atoms with E-state index < -0.39 is 0 Å². The van der Waals surface area contributed by atoms with Crippen molar-refractivity contribution in [2.75, 3.05) is 0 Å². The van der Waals surface area contributed by atoms with Gasteiger partial charge in [0, 0.05) is 24.4 Å². The van der Waals surface area contributed by atoms with Crippen LogP contribution >= 0.6 is 0 Å². The molecule has 0 amide bonds. The molecule has 1 aromatic heterocycles. The van der Waals surface area contributed by atoms with Crippen molar-refractivity contribution in [2.24, 2.45) is 11.1 Å². The number of hydrogen-bond acceptors (Lipinski definition) is 2. The average molecular weight is 208 g/mol. The molecule has 0 aliphatic heterocycles. The molecule has 0 unspecified atom stereocenters. The lowest BCUT2D eigenvalue weighted by molar-refractivity contribution is 0.430. The fraction of sp³-hybridized carbons (Fsp3) is 0.636. The Labute approximate surface area is 91.0 Å². The van der Waals surface area contributed by atoms with Crippen LogP contribution < -0.4 is 5.73 Å². The summed E-state index contributed by atoms with van der Waals surface area (Å²) < 4.78 is 2.07. The third kappa shape index (κ3) is 3.73. The van der Waals surface area contributed by atoms with Crippen LogP contribution in [-0.4, -0.2) is 15.4 Å². The molecule has 0 spiro atoms. The van der Waals surface area contributed by atoms with E-state index >= 15 is 0 Å². The maximum atomic E-state index is 7.43. The molecular formula is C11H20N4. The van der Waals surface area contributed by atoms with Crippen LogP contribution in [0, 0.1) is 10.8 Å². The van der Waals surface area contributed by atoms with E-state index in [1.54, 1.807) is 6.20 Å². The summed E-state index contributed by atoms with van der Waals surface area (Å²) in [5, 5.41) is 7.43. The topological polar surface area (TPSA) is 67.7 Å². The Kier molecular flexibility index (Phi) is 3.88. The van der Waals surface area contributed by atoms with E-state index in [4.69, 9.17) is 11.1 Å². The predicted molar refractivity (Wildman–Crippen MR) is 61.8 cm³/mol. The highest BCUT2D eigenvalue weighted by molar-refractivity contribution is 5.82. The summed E-state index contributed by atoms with van der Waals surface area (Å²) in [6, 6.07) is 0. The normalized spacial score (nSPS) is 11.6. The van der Waals surface area contributed by atoms with Gasteiger partial charge in [-0.25, -0.2) is 4.98 Å². The molecule has 0 bridgehead atoms. The largest absolute Gasteiger partial charge is 0.387 e. The van der Waals surface area contributed by atoms with Crippen LogP contribution in [0.25, 0.3) is 0 Å². The lowest BCUT2D eigenvalue weighted by atomic mass is 9.86. The molecule has 0 atom stereocenters. The van der Waals surface area contributed by atoms with Gasteiger partial charge in [-0.05, 0) is 12.8 Å². The number of rotatable bonds is 6. The highest BCUT2D eigenvalue weighted by Gasteiger charge is 2.20. The third-order valence-electron chi connectivity index (χ3n) is 2.76. The number of aryl methyl sites for hydroxylation is 1. The number of imidazole rings is 1. The van der Waals surface area contributed by atoms with Crippen molar-refractivity contribution in [3.63, 3.8) is 0 Å². The molecule has 1 heterocycles. The number of aromatic nitrogens is 2. The van der Waals surface area contributed by atoms with E-state index in [0.717, 1.165) is 25.8 Å². The van der Waals surface area contributed by atoms with E-state index in [0.29, 0.717) is 0 Å². The van der Waals surface area contributed by atoms with E-state index in [9.17, 15) is 0 Å². The van der Waals surface area contributed by atoms with Crippen LogP contribution in [0.5, 0.6) is 0 Å². The van der Waals surface area contributed by atoms with Gasteiger partial charge in [0.15, 0.2) is 0 Å². The molecule has 0 radical (unpaired) electrons. The molecule has 1 rings (SSSR count). The van der Waals surface area contributed by atoms with Crippen LogP contribution in [0.4, 0.5) is 0 Å². The summed E-state index contributed by atoms with van der Waals surface area (Å²) in [5.41, 5.74) is 5.36. The zero-order valence-electron chi connectivity index (χ0n) is 9.53. The van der Waals surface area contributed by atoms with Gasteiger partial charge >= 0.3 is 0 Å². The van der Waals surface area contributed by atoms with Crippen LogP contribution in [0.15, 0.2) is 18.7 Å². The van der Waals surface area contributed by atoms with Gasteiger partial charge in [-0.3, -0.25) is 5.41 Å². The van der Waals surface area contributed by atoms with Gasteiger partial charge in [-0.1, -0.05) is 20.3 Å². The first-order chi connectivity index (χ1) is 7.02. The molecule has 0 aliphatic carbocycles. The average Bonchev–Trinajstić information content (AvgIpc) is 2.64. The van der Waals surface area contributed by atoms with Gasteiger partial charge in [0.2, 0.25) is 0 Å². The Morgan fingerprint density at radius 1 is 1.47 bits per heavy atom. The summed E-state index contributed by atoms with van der Waals surface area (Å²) in [6.07, 6.45) is 8.75. The number of nitrogens with zero attached hydrogens (tertiary/aromatic N) is 2. The monoisotopic (exact) mass is 208 g/mol. The Balaban J connectivity index is 2.19. The summed E-state index contributed by atoms with van der Waals surface area (Å²) in [5.74, 6) is 0.283. The first-order valence-corrected chi connectivity index (χ1v) is 5.32. The molecule has 0 aliphatic rings. The van der Waals surface area contributed by atoms with Crippen molar-refractivity contribution < 1.29 is 0 Å². The molecule has 0 saturated carbocycles. The minimum atomic E-state index is -0.158. The summed E-state index contributed by atoms with van der Waals surface area (Å²) in [7, 11) is 0. The minimum absolute atomic E-state index is 0.158. The predicted octanol–water partition coefficient (Wildman–Crippen LogP) is 2.02. The van der Waals surface area contributed by atoms with Gasteiger partial charge in [-0.2, -0.15) is 0 Å². The Bertz CT molecular complexity index is 300. The van der Waals surface area contributed by atoms with Crippen molar-refractivity contribution >= 4 is 5.84 Å². The molecule has 15 heavy (non-hydrogen) atoms. The second-order valence-corrected chi connectivity index (χ2v) is 4.56. The molecule has 4 nitrogen and oxygen atoms in total. The van der Waals surface area contributed by atoms with Crippen molar-refractivity contribution in [1.29, 1.82) is 5.41 Å². The molecule has 0 aromatic carbocycles. The maximum Gasteiger partial charge on any atom is 0.0963 e. The van der Waals surface area contributed by atoms with E-state index in [2.05, 4.69) is 9.55 Å². The fourth-order valence-corrected chi connectivity index (χ4v) is 1.41. The van der Waals surface area contributed by atoms with Crippen LogP contribution in [0.1, 0.15) is 33.1 Å². The second-order valence-electron chi connectivity index (χ2n) is 4.56. The summed E-state index contributed by atoms with van der Waals surface area (Å²) in [6.45, 7) is 5.03. The van der Waals surface area contributed by atoms with Gasteiger partial charge < -0.3 is 10.3 Å². The first-order valence-electron chi connectivity index (χ1n) is 5.32. The molecule has 84 valence electrons. The highest BCUT2D eigenvalue weighted by atomic mass is 15.0. The lowest BCUT2D eigenvalue weighted by Crippen LogP contribution is -2.30. The Morgan fingerprint density at radius 3 is 2.73 bits per heavy atom. The number of amidine groups is 1. The van der Waals surface area contributed by atoms with Crippen LogP contribution in [0.2, 0.25) is 0 Å². The molecule has 4 heteroatoms. The molecule has 0 saturated heterocycles. The zero-order valence-corrected chi connectivity index (χ0v) is 9.53. The Hall–Kier alpha value is -1.32. The number of hydrogen-bond donors (Lipinski definition) is 2. The van der Waals surface area contributed by atoms with Gasteiger partial charge in [0.1, 0.15) is 0 Å². The smallest absolute Gasteiger partial charge is 0.0963 e. The number of nitrogens with one attached hydrogen (secondary N) is 1. The molecular weight excluding hydrogens is 188 g/mol. The summed E-state index contributed by atoms with van der Waals surface area (Å²) >= 11 is 0.